The molecule has 0 radical (unpaired) electrons. The molecule has 30 heavy (non-hydrogen) atoms. The molecule has 1 saturated heterocycles. The molecular formula is C19H22N2O7S2. The molecule has 9 nitrogen and oxygen atoms in total. The van der Waals surface area contributed by atoms with Crippen molar-refractivity contribution in [2.75, 3.05) is 45.0 Å². The molecule has 0 bridgehead atoms. The lowest BCUT2D eigenvalue weighted by molar-refractivity contribution is 0.0730. The summed E-state index contributed by atoms with van der Waals surface area (Å²) in [7, 11) is -6.05. The number of hydrogen-bond donors (Lipinski definition) is 1. The minimum atomic E-state index is -3.83. The maximum absolute atomic E-state index is 12.9. The Balaban J connectivity index is 1.98. The Morgan fingerprint density at radius 3 is 2.37 bits per heavy atom. The molecule has 0 spiro atoms. The molecule has 2 aromatic carbocycles. The van der Waals surface area contributed by atoms with Gasteiger partial charge in [-0.1, -0.05) is 12.1 Å². The second-order valence-electron chi connectivity index (χ2n) is 6.60. The SMILES string of the molecule is COc1ccc(S(=O)(=O)N2CCOCC2)cc1C(=O)Nc1ccccc1S(C)(=O)=O. The summed E-state index contributed by atoms with van der Waals surface area (Å²) in [6.07, 6.45) is 1.04. The number of anilines is 1. The van der Waals surface area contributed by atoms with Crippen LogP contribution in [-0.2, 0) is 24.6 Å². The Labute approximate surface area is 175 Å². The van der Waals surface area contributed by atoms with Crippen molar-refractivity contribution < 1.29 is 31.1 Å². The highest BCUT2D eigenvalue weighted by Gasteiger charge is 2.28. The Kier molecular flexibility index (Phi) is 6.46. The lowest BCUT2D eigenvalue weighted by Crippen LogP contribution is -2.40. The molecule has 1 amide bonds. The van der Waals surface area contributed by atoms with Crippen LogP contribution < -0.4 is 10.1 Å². The molecule has 0 saturated carbocycles. The molecular weight excluding hydrogens is 432 g/mol. The van der Waals surface area contributed by atoms with E-state index in [-0.39, 0.29) is 39.9 Å². The number of nitrogens with one attached hydrogen (secondary N) is 1. The third-order valence-electron chi connectivity index (χ3n) is 4.56. The van der Waals surface area contributed by atoms with Gasteiger partial charge in [-0.25, -0.2) is 16.8 Å². The average molecular weight is 455 g/mol. The van der Waals surface area contributed by atoms with Crippen molar-refractivity contribution in [1.82, 2.24) is 4.31 Å². The number of sulfone groups is 1. The average Bonchev–Trinajstić information content (AvgIpc) is 2.73. The first-order valence-electron chi connectivity index (χ1n) is 9.01. The molecule has 11 heteroatoms. The van der Waals surface area contributed by atoms with Gasteiger partial charge >= 0.3 is 0 Å². The fraction of sp³-hybridized carbons (Fsp3) is 0.316. The second kappa shape index (κ2) is 8.72. The number of ether oxygens (including phenoxy) is 2. The summed E-state index contributed by atoms with van der Waals surface area (Å²) in [5.41, 5.74) is 0.0589. The van der Waals surface area contributed by atoms with Crippen molar-refractivity contribution >= 4 is 31.5 Å². The van der Waals surface area contributed by atoms with Crippen LogP contribution in [0.2, 0.25) is 0 Å². The topological polar surface area (TPSA) is 119 Å². The van der Waals surface area contributed by atoms with E-state index in [1.165, 1.54) is 41.7 Å². The van der Waals surface area contributed by atoms with Gasteiger partial charge in [0.15, 0.2) is 9.84 Å². The van der Waals surface area contributed by atoms with Crippen LogP contribution in [0.1, 0.15) is 10.4 Å². The lowest BCUT2D eigenvalue weighted by Gasteiger charge is -2.26. The third-order valence-corrected chi connectivity index (χ3v) is 7.61. The van der Waals surface area contributed by atoms with Gasteiger partial charge in [0.05, 0.1) is 41.4 Å². The molecule has 1 fully saturated rings. The number of hydrogen-bond acceptors (Lipinski definition) is 7. The van der Waals surface area contributed by atoms with Crippen molar-refractivity contribution in [2.24, 2.45) is 0 Å². The van der Waals surface area contributed by atoms with Crippen LogP contribution in [0.4, 0.5) is 5.69 Å². The Morgan fingerprint density at radius 1 is 1.07 bits per heavy atom. The fourth-order valence-corrected chi connectivity index (χ4v) is 5.32. The number of sulfonamides is 1. The highest BCUT2D eigenvalue weighted by atomic mass is 32.2. The zero-order chi connectivity index (χ0) is 21.9. The largest absolute Gasteiger partial charge is 0.496 e. The Hall–Kier alpha value is -2.47. The number of morpholine rings is 1. The Morgan fingerprint density at radius 2 is 1.73 bits per heavy atom. The number of benzene rings is 2. The van der Waals surface area contributed by atoms with Crippen LogP contribution in [0.5, 0.6) is 5.75 Å². The number of para-hydroxylation sites is 1. The van der Waals surface area contributed by atoms with Crippen LogP contribution in [0.25, 0.3) is 0 Å². The smallest absolute Gasteiger partial charge is 0.259 e. The lowest BCUT2D eigenvalue weighted by atomic mass is 10.2. The van der Waals surface area contributed by atoms with Gasteiger partial charge in [-0.3, -0.25) is 4.79 Å². The van der Waals surface area contributed by atoms with E-state index in [0.717, 1.165) is 6.26 Å². The fourth-order valence-electron chi connectivity index (χ4n) is 3.04. The minimum Gasteiger partial charge on any atom is -0.496 e. The van der Waals surface area contributed by atoms with Crippen molar-refractivity contribution in [2.45, 2.75) is 9.79 Å². The number of carbonyl (C=O) groups excluding carboxylic acids is 1. The van der Waals surface area contributed by atoms with Crippen molar-refractivity contribution in [1.29, 1.82) is 0 Å². The van der Waals surface area contributed by atoms with Gasteiger partial charge in [0, 0.05) is 19.3 Å². The summed E-state index contributed by atoms with van der Waals surface area (Å²) in [6.45, 7) is 1.03. The monoisotopic (exact) mass is 454 g/mol. The number of amides is 1. The predicted molar refractivity (Wildman–Crippen MR) is 110 cm³/mol. The van der Waals surface area contributed by atoms with Gasteiger partial charge in [-0.05, 0) is 30.3 Å². The number of rotatable bonds is 6. The zero-order valence-corrected chi connectivity index (χ0v) is 18.1. The minimum absolute atomic E-state index is 0.0323. The molecule has 1 aliphatic rings. The van der Waals surface area contributed by atoms with E-state index in [0.29, 0.717) is 13.2 Å². The van der Waals surface area contributed by atoms with Gasteiger partial charge in [0.1, 0.15) is 5.75 Å². The van der Waals surface area contributed by atoms with E-state index in [1.54, 1.807) is 12.1 Å². The summed E-state index contributed by atoms with van der Waals surface area (Å²) < 4.78 is 61.5. The third kappa shape index (κ3) is 4.64. The summed E-state index contributed by atoms with van der Waals surface area (Å²) in [6, 6.07) is 9.94. The first-order valence-corrected chi connectivity index (χ1v) is 12.3. The van der Waals surface area contributed by atoms with Gasteiger partial charge < -0.3 is 14.8 Å². The molecule has 162 valence electrons. The number of carbonyl (C=O) groups is 1. The van der Waals surface area contributed by atoms with Crippen LogP contribution in [0, 0.1) is 0 Å². The van der Waals surface area contributed by atoms with E-state index in [2.05, 4.69) is 5.32 Å². The van der Waals surface area contributed by atoms with Crippen molar-refractivity contribution in [3.8, 4) is 5.75 Å². The van der Waals surface area contributed by atoms with E-state index >= 15 is 0 Å². The summed E-state index contributed by atoms with van der Waals surface area (Å²) >= 11 is 0. The van der Waals surface area contributed by atoms with Crippen LogP contribution in [-0.4, -0.2) is 66.7 Å². The highest BCUT2D eigenvalue weighted by Crippen LogP contribution is 2.27. The molecule has 1 aliphatic heterocycles. The molecule has 3 rings (SSSR count). The molecule has 1 heterocycles. The molecule has 0 atom stereocenters. The normalized spacial score (nSPS) is 15.5. The number of nitrogens with zero attached hydrogens (tertiary/aromatic N) is 1. The summed E-state index contributed by atoms with van der Waals surface area (Å²) in [5, 5.41) is 2.54. The Bertz CT molecular complexity index is 1160. The highest BCUT2D eigenvalue weighted by molar-refractivity contribution is 7.91. The van der Waals surface area contributed by atoms with E-state index < -0.39 is 25.8 Å². The van der Waals surface area contributed by atoms with E-state index in [4.69, 9.17) is 9.47 Å². The first-order chi connectivity index (χ1) is 14.1. The predicted octanol–water partition coefficient (Wildman–Crippen LogP) is 1.37. The molecule has 0 aromatic heterocycles. The van der Waals surface area contributed by atoms with E-state index in [9.17, 15) is 21.6 Å². The van der Waals surface area contributed by atoms with E-state index in [1.807, 2.05) is 0 Å². The second-order valence-corrected chi connectivity index (χ2v) is 10.5. The van der Waals surface area contributed by atoms with Crippen molar-refractivity contribution in [3.63, 3.8) is 0 Å². The molecule has 2 aromatic rings. The molecule has 0 unspecified atom stereocenters. The zero-order valence-electron chi connectivity index (χ0n) is 16.5. The molecule has 1 N–H and O–H groups in total. The quantitative estimate of drug-likeness (QED) is 0.700. The maximum atomic E-state index is 12.9. The van der Waals surface area contributed by atoms with Gasteiger partial charge in [-0.2, -0.15) is 4.31 Å². The number of methoxy groups -OCH3 is 1. The van der Waals surface area contributed by atoms with Crippen LogP contribution >= 0.6 is 0 Å². The molecule has 0 aliphatic carbocycles. The summed E-state index contributed by atoms with van der Waals surface area (Å²) in [4.78, 5) is 12.8. The first kappa shape index (κ1) is 22.2. The van der Waals surface area contributed by atoms with Gasteiger partial charge in [0.2, 0.25) is 10.0 Å². The van der Waals surface area contributed by atoms with Crippen LogP contribution in [0.15, 0.2) is 52.3 Å². The standard InChI is InChI=1S/C19H22N2O7S2/c1-27-17-8-7-14(30(25,26)21-9-11-28-12-10-21)13-15(17)19(22)20-16-5-3-4-6-18(16)29(2,23)24/h3-8,13H,9-12H2,1-2H3,(H,20,22). The summed E-state index contributed by atoms with van der Waals surface area (Å²) in [5.74, 6) is -0.535. The van der Waals surface area contributed by atoms with Crippen molar-refractivity contribution in [3.05, 3.63) is 48.0 Å². The van der Waals surface area contributed by atoms with Gasteiger partial charge in [-0.15, -0.1) is 0 Å². The van der Waals surface area contributed by atoms with Crippen LogP contribution in [0.3, 0.4) is 0 Å². The maximum Gasteiger partial charge on any atom is 0.259 e. The van der Waals surface area contributed by atoms with Gasteiger partial charge in [0.25, 0.3) is 5.91 Å².